The minimum absolute atomic E-state index is 0. The third-order valence-corrected chi connectivity index (χ3v) is 8.62. The molecule has 0 bridgehead atoms. The van der Waals surface area contributed by atoms with Gasteiger partial charge in [0.1, 0.15) is 11.7 Å². The third-order valence-electron chi connectivity index (χ3n) is 6.43. The van der Waals surface area contributed by atoms with Gasteiger partial charge in [0.2, 0.25) is 10.0 Å². The topological polar surface area (TPSA) is 73.8 Å². The number of nitrogens with zero attached hydrogens (tertiary/aromatic N) is 2. The summed E-state index contributed by atoms with van der Waals surface area (Å²) in [5.41, 5.74) is 2.50. The summed E-state index contributed by atoms with van der Waals surface area (Å²) in [5, 5.41) is 7.04. The molecule has 0 aromatic heterocycles. The number of piperidine rings is 1. The molecule has 4 rings (SSSR count). The standard InChI is InChI=1S/C23H28ClFN4O2S.ClH/c1-16-3-5-19(13-17(16)2)32(30,31)29-11-7-23(8-12-29)22(26-9-10-28-23)27-15-18-4-6-21(25)20(24)14-18;/h3-6,13-14,28H,7-12,15H2,1-2H3,(H,26,27);1H. The molecule has 33 heavy (non-hydrogen) atoms. The van der Waals surface area contributed by atoms with E-state index in [0.717, 1.165) is 29.1 Å². The highest BCUT2D eigenvalue weighted by Crippen LogP contribution is 2.29. The van der Waals surface area contributed by atoms with E-state index in [0.29, 0.717) is 43.9 Å². The number of hydrogen-bond donors (Lipinski definition) is 2. The lowest BCUT2D eigenvalue weighted by molar-refractivity contribution is 0.241. The van der Waals surface area contributed by atoms with Crippen LogP contribution in [0.2, 0.25) is 5.02 Å². The predicted octanol–water partition coefficient (Wildman–Crippen LogP) is 3.83. The molecule has 0 aliphatic carbocycles. The molecule has 10 heteroatoms. The van der Waals surface area contributed by atoms with Gasteiger partial charge in [0, 0.05) is 26.2 Å². The van der Waals surface area contributed by atoms with E-state index in [4.69, 9.17) is 16.6 Å². The predicted molar refractivity (Wildman–Crippen MR) is 132 cm³/mol. The van der Waals surface area contributed by atoms with E-state index in [1.807, 2.05) is 19.9 Å². The normalized spacial score (nSPS) is 18.5. The van der Waals surface area contributed by atoms with Crippen molar-refractivity contribution in [3.05, 3.63) is 63.9 Å². The number of aliphatic imine (C=N–C) groups is 1. The zero-order valence-corrected chi connectivity index (χ0v) is 21.1. The highest BCUT2D eigenvalue weighted by Gasteiger charge is 2.43. The van der Waals surface area contributed by atoms with Crippen molar-refractivity contribution in [2.45, 2.75) is 43.7 Å². The maximum atomic E-state index is 13.4. The molecule has 2 heterocycles. The van der Waals surface area contributed by atoms with Gasteiger partial charge in [-0.25, -0.2) is 12.8 Å². The molecular weight excluding hydrogens is 486 g/mol. The number of hydrogen-bond acceptors (Lipinski definition) is 5. The van der Waals surface area contributed by atoms with Gasteiger partial charge in [0.25, 0.3) is 0 Å². The molecule has 1 saturated heterocycles. The van der Waals surface area contributed by atoms with Crippen LogP contribution in [0.4, 0.5) is 4.39 Å². The first-order chi connectivity index (χ1) is 15.2. The summed E-state index contributed by atoms with van der Waals surface area (Å²) in [4.78, 5) is 5.04. The maximum absolute atomic E-state index is 13.4. The fourth-order valence-electron chi connectivity index (χ4n) is 4.30. The Morgan fingerprint density at radius 1 is 1.15 bits per heavy atom. The second-order valence-corrected chi connectivity index (χ2v) is 10.8. The molecule has 0 atom stereocenters. The maximum Gasteiger partial charge on any atom is 0.243 e. The molecule has 1 fully saturated rings. The quantitative estimate of drug-likeness (QED) is 0.650. The summed E-state index contributed by atoms with van der Waals surface area (Å²) in [6.45, 7) is 6.58. The van der Waals surface area contributed by atoms with E-state index in [2.05, 4.69) is 10.6 Å². The van der Waals surface area contributed by atoms with E-state index < -0.39 is 21.4 Å². The zero-order valence-electron chi connectivity index (χ0n) is 18.7. The molecule has 180 valence electrons. The van der Waals surface area contributed by atoms with Gasteiger partial charge < -0.3 is 10.6 Å². The van der Waals surface area contributed by atoms with Crippen molar-refractivity contribution in [1.29, 1.82) is 0 Å². The SMILES string of the molecule is Cc1ccc(S(=O)(=O)N2CCC3(CC2)NCCN=C3NCc2ccc(F)c(Cl)c2)cc1C.Cl. The Balaban J connectivity index is 0.00000306. The molecule has 2 aliphatic heterocycles. The van der Waals surface area contributed by atoms with Crippen LogP contribution in [0, 0.1) is 19.7 Å². The minimum atomic E-state index is -3.54. The van der Waals surface area contributed by atoms with Gasteiger partial charge in [-0.05, 0) is 67.6 Å². The van der Waals surface area contributed by atoms with Crippen LogP contribution in [0.25, 0.3) is 0 Å². The van der Waals surface area contributed by atoms with Crippen molar-refractivity contribution in [3.63, 3.8) is 0 Å². The van der Waals surface area contributed by atoms with E-state index >= 15 is 0 Å². The van der Waals surface area contributed by atoms with Gasteiger partial charge in [0.15, 0.2) is 0 Å². The van der Waals surface area contributed by atoms with Gasteiger partial charge in [0.05, 0.1) is 22.0 Å². The second-order valence-electron chi connectivity index (χ2n) is 8.49. The van der Waals surface area contributed by atoms with Crippen molar-refractivity contribution in [1.82, 2.24) is 14.9 Å². The lowest BCUT2D eigenvalue weighted by Gasteiger charge is -2.44. The molecule has 2 aliphatic rings. The summed E-state index contributed by atoms with van der Waals surface area (Å²) in [5.74, 6) is 0.383. The summed E-state index contributed by atoms with van der Waals surface area (Å²) >= 11 is 5.90. The average molecular weight is 515 g/mol. The molecule has 6 nitrogen and oxygen atoms in total. The van der Waals surface area contributed by atoms with E-state index in [9.17, 15) is 12.8 Å². The van der Waals surface area contributed by atoms with Crippen LogP contribution < -0.4 is 10.6 Å². The lowest BCUT2D eigenvalue weighted by Crippen LogP contribution is -2.64. The number of amidine groups is 1. The van der Waals surface area contributed by atoms with Gasteiger partial charge in [-0.15, -0.1) is 12.4 Å². The fourth-order valence-corrected chi connectivity index (χ4v) is 6.03. The smallest absolute Gasteiger partial charge is 0.243 e. The first-order valence-electron chi connectivity index (χ1n) is 10.8. The van der Waals surface area contributed by atoms with Crippen molar-refractivity contribution >= 4 is 39.9 Å². The Hall–Kier alpha value is -1.71. The Labute approximate surface area is 206 Å². The molecule has 2 N–H and O–H groups in total. The van der Waals surface area contributed by atoms with Gasteiger partial charge in [-0.3, -0.25) is 4.99 Å². The molecular formula is C23H29Cl2FN4O2S. The summed E-state index contributed by atoms with van der Waals surface area (Å²) in [6.07, 6.45) is 1.24. The van der Waals surface area contributed by atoms with Crippen LogP contribution in [-0.2, 0) is 16.6 Å². The lowest BCUT2D eigenvalue weighted by atomic mass is 9.85. The molecule has 0 saturated carbocycles. The number of rotatable bonds is 4. The Morgan fingerprint density at radius 3 is 2.55 bits per heavy atom. The van der Waals surface area contributed by atoms with Crippen molar-refractivity contribution < 1.29 is 12.8 Å². The van der Waals surface area contributed by atoms with Crippen molar-refractivity contribution in [2.24, 2.45) is 4.99 Å². The van der Waals surface area contributed by atoms with Crippen LogP contribution in [0.1, 0.15) is 29.5 Å². The highest BCUT2D eigenvalue weighted by molar-refractivity contribution is 7.89. The summed E-state index contributed by atoms with van der Waals surface area (Å²) in [6, 6.07) is 9.93. The number of aryl methyl sites for hydroxylation is 2. The van der Waals surface area contributed by atoms with E-state index in [1.165, 1.54) is 6.07 Å². The number of nitrogens with one attached hydrogen (secondary N) is 2. The molecule has 2 aromatic carbocycles. The first-order valence-corrected chi connectivity index (χ1v) is 12.6. The Bertz CT molecular complexity index is 1150. The third kappa shape index (κ3) is 5.35. The minimum Gasteiger partial charge on any atom is -0.368 e. The summed E-state index contributed by atoms with van der Waals surface area (Å²) in [7, 11) is -3.54. The molecule has 0 amide bonds. The Kier molecular flexibility index (Phi) is 8.07. The largest absolute Gasteiger partial charge is 0.368 e. The van der Waals surface area contributed by atoms with Crippen LogP contribution in [-0.4, -0.2) is 50.3 Å². The highest BCUT2D eigenvalue weighted by atomic mass is 35.5. The van der Waals surface area contributed by atoms with Gasteiger partial charge in [-0.2, -0.15) is 4.31 Å². The molecule has 1 spiro atoms. The number of benzene rings is 2. The molecule has 0 radical (unpaired) electrons. The van der Waals surface area contributed by atoms with Gasteiger partial charge in [-0.1, -0.05) is 23.7 Å². The Morgan fingerprint density at radius 2 is 1.88 bits per heavy atom. The monoisotopic (exact) mass is 514 g/mol. The average Bonchev–Trinajstić information content (AvgIpc) is 2.77. The van der Waals surface area contributed by atoms with Crippen LogP contribution in [0.15, 0.2) is 46.3 Å². The van der Waals surface area contributed by atoms with Crippen molar-refractivity contribution in [2.75, 3.05) is 26.2 Å². The van der Waals surface area contributed by atoms with Crippen LogP contribution in [0.3, 0.4) is 0 Å². The summed E-state index contributed by atoms with van der Waals surface area (Å²) < 4.78 is 41.4. The zero-order chi connectivity index (χ0) is 22.9. The van der Waals surface area contributed by atoms with Crippen molar-refractivity contribution in [3.8, 4) is 0 Å². The van der Waals surface area contributed by atoms with Crippen LogP contribution in [0.5, 0.6) is 0 Å². The fraction of sp³-hybridized carbons (Fsp3) is 0.435. The van der Waals surface area contributed by atoms with E-state index in [1.54, 1.807) is 28.6 Å². The van der Waals surface area contributed by atoms with Gasteiger partial charge >= 0.3 is 0 Å². The number of sulfonamides is 1. The first kappa shape index (κ1) is 25.9. The van der Waals surface area contributed by atoms with E-state index in [-0.39, 0.29) is 17.4 Å². The second kappa shape index (κ2) is 10.3. The molecule has 0 unspecified atom stereocenters. The molecule has 2 aromatic rings. The number of halogens is 3. The van der Waals surface area contributed by atoms with Crippen LogP contribution >= 0.6 is 24.0 Å².